The molecule has 1 aliphatic rings. The van der Waals surface area contributed by atoms with E-state index < -0.39 is 5.79 Å². The average molecular weight is 220 g/mol. The molecule has 4 heteroatoms. The van der Waals surface area contributed by atoms with Crippen molar-refractivity contribution in [2.75, 3.05) is 0 Å². The summed E-state index contributed by atoms with van der Waals surface area (Å²) in [7, 11) is 0. The highest BCUT2D eigenvalue weighted by atomic mass is 16.5. The van der Waals surface area contributed by atoms with Gasteiger partial charge in [-0.3, -0.25) is 0 Å². The van der Waals surface area contributed by atoms with E-state index in [1.54, 1.807) is 12.1 Å². The van der Waals surface area contributed by atoms with E-state index in [4.69, 9.17) is 5.11 Å². The Morgan fingerprint density at radius 2 is 1.56 bits per heavy atom. The van der Waals surface area contributed by atoms with Gasteiger partial charge in [0.15, 0.2) is 5.79 Å². The Kier molecular flexibility index (Phi) is 2.46. The lowest BCUT2D eigenvalue weighted by Gasteiger charge is -2.27. The van der Waals surface area contributed by atoms with Crippen molar-refractivity contribution >= 4 is 5.57 Å². The molecular weight excluding hydrogens is 208 g/mol. The standard InChI is InChI=1S/C12H12O4/c13-9-3-1-8(2-4-9)11-6-5-10(14)7-12(11,15)16/h1-6,13-16H,7H2. The minimum Gasteiger partial charge on any atom is -0.512 e. The van der Waals surface area contributed by atoms with Crippen molar-refractivity contribution in [1.29, 1.82) is 0 Å². The van der Waals surface area contributed by atoms with Crippen LogP contribution < -0.4 is 0 Å². The fourth-order valence-corrected chi connectivity index (χ4v) is 1.69. The largest absolute Gasteiger partial charge is 0.512 e. The zero-order valence-corrected chi connectivity index (χ0v) is 8.46. The van der Waals surface area contributed by atoms with E-state index in [9.17, 15) is 15.3 Å². The van der Waals surface area contributed by atoms with Crippen molar-refractivity contribution in [3.8, 4) is 5.75 Å². The predicted octanol–water partition coefficient (Wildman–Crippen LogP) is 1.30. The minimum atomic E-state index is -2.07. The van der Waals surface area contributed by atoms with Crippen LogP contribution in [-0.2, 0) is 0 Å². The molecule has 84 valence electrons. The van der Waals surface area contributed by atoms with Gasteiger partial charge in [-0.1, -0.05) is 12.1 Å². The van der Waals surface area contributed by atoms with Crippen LogP contribution in [0.2, 0.25) is 0 Å². The molecule has 0 unspecified atom stereocenters. The van der Waals surface area contributed by atoms with Gasteiger partial charge in [0.25, 0.3) is 0 Å². The first-order valence-corrected chi connectivity index (χ1v) is 4.83. The quantitative estimate of drug-likeness (QED) is 0.538. The SMILES string of the molecule is OC1=CC=C(c2ccc(O)cc2)C(O)(O)C1. The molecule has 0 amide bonds. The first-order chi connectivity index (χ1) is 7.49. The van der Waals surface area contributed by atoms with Gasteiger partial charge < -0.3 is 20.4 Å². The van der Waals surface area contributed by atoms with E-state index in [2.05, 4.69) is 0 Å². The lowest BCUT2D eigenvalue weighted by atomic mass is 9.90. The maximum Gasteiger partial charge on any atom is 0.197 e. The van der Waals surface area contributed by atoms with E-state index in [0.717, 1.165) is 0 Å². The Labute approximate surface area is 92.4 Å². The smallest absolute Gasteiger partial charge is 0.197 e. The summed E-state index contributed by atoms with van der Waals surface area (Å²) in [6, 6.07) is 6.09. The average Bonchev–Trinajstić information content (AvgIpc) is 2.18. The number of allylic oxidation sites excluding steroid dienone is 2. The Morgan fingerprint density at radius 3 is 2.12 bits per heavy atom. The van der Waals surface area contributed by atoms with Crippen molar-refractivity contribution in [3.63, 3.8) is 0 Å². The Morgan fingerprint density at radius 1 is 0.938 bits per heavy atom. The second-order valence-electron chi connectivity index (χ2n) is 3.78. The highest BCUT2D eigenvalue weighted by molar-refractivity contribution is 5.73. The summed E-state index contributed by atoms with van der Waals surface area (Å²) in [5.41, 5.74) is 0.886. The highest BCUT2D eigenvalue weighted by Crippen LogP contribution is 2.33. The van der Waals surface area contributed by atoms with Crippen LogP contribution >= 0.6 is 0 Å². The molecule has 1 aromatic rings. The highest BCUT2D eigenvalue weighted by Gasteiger charge is 2.32. The number of rotatable bonds is 1. The molecule has 0 aromatic heterocycles. The van der Waals surface area contributed by atoms with Crippen LogP contribution in [0.15, 0.2) is 42.2 Å². The number of phenols is 1. The molecule has 4 nitrogen and oxygen atoms in total. The zero-order chi connectivity index (χ0) is 11.8. The Bertz CT molecular complexity index is 454. The van der Waals surface area contributed by atoms with E-state index in [-0.39, 0.29) is 17.9 Å². The van der Waals surface area contributed by atoms with Gasteiger partial charge in [0, 0.05) is 5.57 Å². The van der Waals surface area contributed by atoms with Gasteiger partial charge in [0.1, 0.15) is 5.75 Å². The molecule has 0 spiro atoms. The minimum absolute atomic E-state index is 0.0764. The molecule has 0 radical (unpaired) electrons. The fourth-order valence-electron chi connectivity index (χ4n) is 1.69. The van der Waals surface area contributed by atoms with Crippen molar-refractivity contribution in [1.82, 2.24) is 0 Å². The summed E-state index contributed by atoms with van der Waals surface area (Å²) in [6.45, 7) is 0. The molecule has 0 fully saturated rings. The molecule has 0 heterocycles. The lowest BCUT2D eigenvalue weighted by molar-refractivity contribution is -0.112. The lowest BCUT2D eigenvalue weighted by Crippen LogP contribution is -2.32. The summed E-state index contributed by atoms with van der Waals surface area (Å²) in [5.74, 6) is -2.04. The van der Waals surface area contributed by atoms with Gasteiger partial charge in [0.2, 0.25) is 0 Å². The Hall–Kier alpha value is -1.78. The summed E-state index contributed by atoms with van der Waals surface area (Å²) in [6.07, 6.45) is 2.64. The predicted molar refractivity (Wildman–Crippen MR) is 58.6 cm³/mol. The first kappa shape index (κ1) is 10.7. The number of aromatic hydroxyl groups is 1. The van der Waals surface area contributed by atoms with E-state index >= 15 is 0 Å². The van der Waals surface area contributed by atoms with E-state index in [1.165, 1.54) is 24.3 Å². The number of benzene rings is 1. The number of hydrogen-bond donors (Lipinski definition) is 4. The maximum atomic E-state index is 9.75. The molecule has 1 aliphatic carbocycles. The summed E-state index contributed by atoms with van der Waals surface area (Å²) >= 11 is 0. The zero-order valence-electron chi connectivity index (χ0n) is 8.46. The first-order valence-electron chi connectivity index (χ1n) is 4.83. The van der Waals surface area contributed by atoms with Crippen LogP contribution in [0.25, 0.3) is 5.57 Å². The molecule has 16 heavy (non-hydrogen) atoms. The van der Waals surface area contributed by atoms with Crippen molar-refractivity contribution in [2.24, 2.45) is 0 Å². The van der Waals surface area contributed by atoms with Crippen molar-refractivity contribution < 1.29 is 20.4 Å². The second kappa shape index (κ2) is 3.66. The van der Waals surface area contributed by atoms with Crippen molar-refractivity contribution in [3.05, 3.63) is 47.7 Å². The molecule has 0 atom stereocenters. The van der Waals surface area contributed by atoms with Crippen molar-refractivity contribution in [2.45, 2.75) is 12.2 Å². The summed E-state index contributed by atoms with van der Waals surface area (Å²) in [5, 5.41) is 37.8. The molecule has 4 N–H and O–H groups in total. The molecule has 0 bridgehead atoms. The Balaban J connectivity index is 2.43. The molecule has 0 saturated carbocycles. The van der Waals surface area contributed by atoms with Gasteiger partial charge in [-0.05, 0) is 29.8 Å². The molecule has 1 aromatic carbocycles. The van der Waals surface area contributed by atoms with Gasteiger partial charge in [0.05, 0.1) is 12.2 Å². The van der Waals surface area contributed by atoms with Gasteiger partial charge >= 0.3 is 0 Å². The molecule has 2 rings (SSSR count). The molecular formula is C12H12O4. The molecule has 0 aliphatic heterocycles. The van der Waals surface area contributed by atoms with Gasteiger partial charge in [-0.15, -0.1) is 0 Å². The third kappa shape index (κ3) is 1.93. The number of aliphatic hydroxyl groups excluding tert-OH is 1. The van der Waals surface area contributed by atoms with Crippen LogP contribution in [0.5, 0.6) is 5.75 Å². The van der Waals surface area contributed by atoms with Crippen LogP contribution in [0.4, 0.5) is 0 Å². The topological polar surface area (TPSA) is 80.9 Å². The normalized spacial score (nSPS) is 18.9. The maximum absolute atomic E-state index is 9.75. The van der Waals surface area contributed by atoms with Crippen LogP contribution in [-0.4, -0.2) is 26.2 Å². The number of aliphatic hydroxyl groups is 3. The van der Waals surface area contributed by atoms with Gasteiger partial charge in [-0.2, -0.15) is 0 Å². The number of phenolic OH excluding ortho intramolecular Hbond substituents is 1. The third-order valence-electron chi connectivity index (χ3n) is 2.48. The van der Waals surface area contributed by atoms with Crippen LogP contribution in [0, 0.1) is 0 Å². The fraction of sp³-hybridized carbons (Fsp3) is 0.167. The van der Waals surface area contributed by atoms with Gasteiger partial charge in [-0.25, -0.2) is 0 Å². The number of hydrogen-bond acceptors (Lipinski definition) is 4. The molecule has 0 saturated heterocycles. The monoisotopic (exact) mass is 220 g/mol. The summed E-state index contributed by atoms with van der Waals surface area (Å²) < 4.78 is 0. The van der Waals surface area contributed by atoms with E-state index in [0.29, 0.717) is 11.1 Å². The van der Waals surface area contributed by atoms with Crippen LogP contribution in [0.3, 0.4) is 0 Å². The summed E-state index contributed by atoms with van der Waals surface area (Å²) in [4.78, 5) is 0. The van der Waals surface area contributed by atoms with E-state index in [1.807, 2.05) is 0 Å². The second-order valence-corrected chi connectivity index (χ2v) is 3.78. The van der Waals surface area contributed by atoms with Crippen LogP contribution in [0.1, 0.15) is 12.0 Å². The third-order valence-corrected chi connectivity index (χ3v) is 2.48.